The summed E-state index contributed by atoms with van der Waals surface area (Å²) >= 11 is 0. The Kier molecular flexibility index (Phi) is 8.09. The highest BCUT2D eigenvalue weighted by Crippen LogP contribution is 2.08. The molecule has 0 spiro atoms. The second kappa shape index (κ2) is 8.71. The standard InChI is InChI=1S/C12H24N2O5/c1-12(2,3)19-11(17)14-9(10(15)16)7-5-6-8-13-18-4/h9,13H,5-8H2,1-4H3,(H,14,17)(H,15,16)/t9-/m0/s1. The molecule has 112 valence electrons. The monoisotopic (exact) mass is 276 g/mol. The maximum atomic E-state index is 11.5. The molecule has 0 aliphatic rings. The zero-order valence-electron chi connectivity index (χ0n) is 12.0. The molecular formula is C12H24N2O5. The summed E-state index contributed by atoms with van der Waals surface area (Å²) in [6.45, 7) is 5.80. The molecule has 0 saturated heterocycles. The van der Waals surface area contributed by atoms with E-state index in [0.29, 0.717) is 19.4 Å². The Balaban J connectivity index is 4.05. The van der Waals surface area contributed by atoms with E-state index in [1.54, 1.807) is 20.8 Å². The van der Waals surface area contributed by atoms with Crippen molar-refractivity contribution in [2.24, 2.45) is 0 Å². The predicted octanol–water partition coefficient (Wildman–Crippen LogP) is 1.29. The van der Waals surface area contributed by atoms with E-state index in [0.717, 1.165) is 6.42 Å². The summed E-state index contributed by atoms with van der Waals surface area (Å²) < 4.78 is 5.02. The maximum absolute atomic E-state index is 11.5. The molecule has 0 radical (unpaired) electrons. The first-order chi connectivity index (χ1) is 8.76. The van der Waals surface area contributed by atoms with Crippen molar-refractivity contribution in [1.29, 1.82) is 0 Å². The third-order valence-corrected chi connectivity index (χ3v) is 2.16. The van der Waals surface area contributed by atoms with E-state index < -0.39 is 23.7 Å². The average molecular weight is 276 g/mol. The van der Waals surface area contributed by atoms with Gasteiger partial charge in [0.05, 0.1) is 7.11 Å². The Hall–Kier alpha value is -1.34. The van der Waals surface area contributed by atoms with Gasteiger partial charge in [0.15, 0.2) is 0 Å². The van der Waals surface area contributed by atoms with Gasteiger partial charge in [-0.05, 0) is 40.0 Å². The van der Waals surface area contributed by atoms with Gasteiger partial charge in [0, 0.05) is 6.54 Å². The molecule has 0 aromatic carbocycles. The summed E-state index contributed by atoms with van der Waals surface area (Å²) in [6.07, 6.45) is 1.05. The highest BCUT2D eigenvalue weighted by atomic mass is 16.6. The number of hydroxylamine groups is 1. The van der Waals surface area contributed by atoms with E-state index in [-0.39, 0.29) is 0 Å². The summed E-state index contributed by atoms with van der Waals surface area (Å²) in [5.41, 5.74) is 2.02. The zero-order chi connectivity index (χ0) is 14.9. The van der Waals surface area contributed by atoms with Gasteiger partial charge in [-0.15, -0.1) is 0 Å². The van der Waals surface area contributed by atoms with E-state index in [2.05, 4.69) is 15.6 Å². The first-order valence-electron chi connectivity index (χ1n) is 6.24. The third-order valence-electron chi connectivity index (χ3n) is 2.16. The minimum Gasteiger partial charge on any atom is -0.480 e. The normalized spacial score (nSPS) is 12.8. The van der Waals surface area contributed by atoms with E-state index in [4.69, 9.17) is 9.84 Å². The van der Waals surface area contributed by atoms with Crippen molar-refractivity contribution in [3.63, 3.8) is 0 Å². The van der Waals surface area contributed by atoms with Gasteiger partial charge in [-0.1, -0.05) is 0 Å². The molecule has 0 saturated carbocycles. The Labute approximate surface area is 113 Å². The minimum absolute atomic E-state index is 0.347. The lowest BCUT2D eigenvalue weighted by Crippen LogP contribution is -2.43. The van der Waals surface area contributed by atoms with Crippen LogP contribution in [0.3, 0.4) is 0 Å². The van der Waals surface area contributed by atoms with Crippen molar-refractivity contribution in [3.8, 4) is 0 Å². The maximum Gasteiger partial charge on any atom is 0.408 e. The lowest BCUT2D eigenvalue weighted by atomic mass is 10.1. The Morgan fingerprint density at radius 1 is 1.26 bits per heavy atom. The fourth-order valence-corrected chi connectivity index (χ4v) is 1.35. The summed E-state index contributed by atoms with van der Waals surface area (Å²) in [5, 5.41) is 11.4. The fourth-order valence-electron chi connectivity index (χ4n) is 1.35. The number of unbranched alkanes of at least 4 members (excludes halogenated alkanes) is 1. The molecule has 0 bridgehead atoms. The van der Waals surface area contributed by atoms with Gasteiger partial charge in [-0.25, -0.2) is 15.1 Å². The van der Waals surface area contributed by atoms with E-state index in [1.807, 2.05) is 0 Å². The molecule has 19 heavy (non-hydrogen) atoms. The minimum atomic E-state index is -1.06. The molecule has 1 amide bonds. The van der Waals surface area contributed by atoms with Gasteiger partial charge in [-0.3, -0.25) is 0 Å². The Morgan fingerprint density at radius 2 is 1.89 bits per heavy atom. The number of carboxylic acid groups (broad SMARTS) is 1. The van der Waals surface area contributed by atoms with Gasteiger partial charge in [0.2, 0.25) is 0 Å². The molecule has 0 aliphatic carbocycles. The molecule has 1 atom stereocenters. The van der Waals surface area contributed by atoms with Gasteiger partial charge < -0.3 is 20.0 Å². The second-order valence-corrected chi connectivity index (χ2v) is 5.13. The Bertz CT molecular complexity index is 288. The van der Waals surface area contributed by atoms with Crippen molar-refractivity contribution >= 4 is 12.1 Å². The van der Waals surface area contributed by atoms with E-state index in [9.17, 15) is 9.59 Å². The summed E-state index contributed by atoms with van der Waals surface area (Å²) in [5.74, 6) is -1.06. The van der Waals surface area contributed by atoms with Crippen LogP contribution in [0.25, 0.3) is 0 Å². The van der Waals surface area contributed by atoms with Crippen LogP contribution in [0.5, 0.6) is 0 Å². The fraction of sp³-hybridized carbons (Fsp3) is 0.833. The highest BCUT2D eigenvalue weighted by Gasteiger charge is 2.23. The van der Waals surface area contributed by atoms with Gasteiger partial charge in [0.1, 0.15) is 11.6 Å². The van der Waals surface area contributed by atoms with Crippen LogP contribution in [0.2, 0.25) is 0 Å². The quantitative estimate of drug-likeness (QED) is 0.456. The molecule has 0 rings (SSSR count). The first-order valence-corrected chi connectivity index (χ1v) is 6.24. The molecule has 0 aliphatic heterocycles. The summed E-state index contributed by atoms with van der Waals surface area (Å²) in [4.78, 5) is 27.1. The number of carboxylic acids is 1. The number of carbonyl (C=O) groups is 2. The number of ether oxygens (including phenoxy) is 1. The summed E-state index contributed by atoms with van der Waals surface area (Å²) in [6, 6.07) is -0.933. The molecule has 3 N–H and O–H groups in total. The Morgan fingerprint density at radius 3 is 2.37 bits per heavy atom. The number of hydrogen-bond donors (Lipinski definition) is 3. The molecule has 7 nitrogen and oxygen atoms in total. The van der Waals surface area contributed by atoms with Crippen molar-refractivity contribution in [1.82, 2.24) is 10.8 Å². The van der Waals surface area contributed by atoms with E-state index >= 15 is 0 Å². The van der Waals surface area contributed by atoms with E-state index in [1.165, 1.54) is 7.11 Å². The van der Waals surface area contributed by atoms with Crippen molar-refractivity contribution in [3.05, 3.63) is 0 Å². The number of aliphatic carboxylic acids is 1. The highest BCUT2D eigenvalue weighted by molar-refractivity contribution is 5.79. The SMILES string of the molecule is CONCCCC[C@H](NC(=O)OC(C)(C)C)C(=O)O. The third kappa shape index (κ3) is 10.3. The number of hydrogen-bond acceptors (Lipinski definition) is 5. The first kappa shape index (κ1) is 17.7. The van der Waals surface area contributed by atoms with Crippen molar-refractivity contribution in [2.45, 2.75) is 51.7 Å². The lowest BCUT2D eigenvalue weighted by Gasteiger charge is -2.22. The van der Waals surface area contributed by atoms with Crippen LogP contribution in [0, 0.1) is 0 Å². The number of carbonyl (C=O) groups excluding carboxylic acids is 1. The molecule has 0 unspecified atom stereocenters. The molecule has 0 aromatic rings. The topological polar surface area (TPSA) is 96.9 Å². The van der Waals surface area contributed by atoms with Crippen LogP contribution in [-0.4, -0.2) is 42.5 Å². The van der Waals surface area contributed by atoms with Crippen LogP contribution < -0.4 is 10.8 Å². The molecule has 7 heteroatoms. The zero-order valence-corrected chi connectivity index (χ0v) is 12.0. The van der Waals surface area contributed by atoms with Gasteiger partial charge in [0.25, 0.3) is 0 Å². The number of nitrogens with one attached hydrogen (secondary N) is 2. The molecular weight excluding hydrogens is 252 g/mol. The number of amides is 1. The van der Waals surface area contributed by atoms with Crippen LogP contribution in [0.4, 0.5) is 4.79 Å². The van der Waals surface area contributed by atoms with Crippen LogP contribution in [0.15, 0.2) is 0 Å². The van der Waals surface area contributed by atoms with Gasteiger partial charge in [-0.2, -0.15) is 0 Å². The second-order valence-electron chi connectivity index (χ2n) is 5.13. The van der Waals surface area contributed by atoms with Crippen molar-refractivity contribution < 1.29 is 24.3 Å². The lowest BCUT2D eigenvalue weighted by molar-refractivity contribution is -0.139. The molecule has 0 aromatic heterocycles. The molecule has 0 fully saturated rings. The largest absolute Gasteiger partial charge is 0.480 e. The smallest absolute Gasteiger partial charge is 0.408 e. The summed E-state index contributed by atoms with van der Waals surface area (Å²) in [7, 11) is 1.52. The number of rotatable bonds is 8. The van der Waals surface area contributed by atoms with Crippen LogP contribution >= 0.6 is 0 Å². The van der Waals surface area contributed by atoms with Crippen LogP contribution in [-0.2, 0) is 14.4 Å². The van der Waals surface area contributed by atoms with Gasteiger partial charge >= 0.3 is 12.1 Å². The average Bonchev–Trinajstić information content (AvgIpc) is 2.24. The van der Waals surface area contributed by atoms with Crippen molar-refractivity contribution in [2.75, 3.05) is 13.7 Å². The predicted molar refractivity (Wildman–Crippen MR) is 69.7 cm³/mol. The molecule has 0 heterocycles. The number of alkyl carbamates (subject to hydrolysis) is 1. The van der Waals surface area contributed by atoms with Crippen LogP contribution in [0.1, 0.15) is 40.0 Å².